The maximum Gasteiger partial charge on any atom is 0.304 e. The van der Waals surface area contributed by atoms with Gasteiger partial charge in [-0.1, -0.05) is 23.8 Å². The van der Waals surface area contributed by atoms with Crippen molar-refractivity contribution in [3.8, 4) is 0 Å². The second-order valence-corrected chi connectivity index (χ2v) is 6.38. The molecule has 0 radical (unpaired) electrons. The van der Waals surface area contributed by atoms with E-state index in [1.807, 2.05) is 11.8 Å². The quantitative estimate of drug-likeness (QED) is 0.920. The number of carbonyl (C=O) groups is 1. The Kier molecular flexibility index (Phi) is 4.88. The summed E-state index contributed by atoms with van der Waals surface area (Å²) in [6.45, 7) is 6.08. The SMILES string of the molecule is Cc1ccc(CN2CCSCC2CC(=O)O)c(C)c1. The zero-order chi connectivity index (χ0) is 13.8. The minimum atomic E-state index is -0.696. The maximum absolute atomic E-state index is 10.9. The highest BCUT2D eigenvalue weighted by Gasteiger charge is 2.25. The van der Waals surface area contributed by atoms with Crippen LogP contribution in [0.5, 0.6) is 0 Å². The first kappa shape index (κ1) is 14.4. The number of aryl methyl sites for hydroxylation is 2. The van der Waals surface area contributed by atoms with Gasteiger partial charge in [-0.05, 0) is 25.0 Å². The molecule has 0 amide bonds. The molecule has 0 bridgehead atoms. The molecule has 1 aliphatic heterocycles. The molecule has 1 aliphatic rings. The minimum absolute atomic E-state index is 0.164. The van der Waals surface area contributed by atoms with Gasteiger partial charge < -0.3 is 5.11 Å². The van der Waals surface area contributed by atoms with E-state index in [1.165, 1.54) is 16.7 Å². The van der Waals surface area contributed by atoms with Crippen molar-refractivity contribution >= 4 is 17.7 Å². The number of hydrogen-bond donors (Lipinski definition) is 1. The number of nitrogens with zero attached hydrogens (tertiary/aromatic N) is 1. The Morgan fingerprint density at radius 2 is 2.26 bits per heavy atom. The fraction of sp³-hybridized carbons (Fsp3) is 0.533. The number of aliphatic carboxylic acids is 1. The Morgan fingerprint density at radius 1 is 1.47 bits per heavy atom. The summed E-state index contributed by atoms with van der Waals surface area (Å²) in [5, 5.41) is 9.00. The van der Waals surface area contributed by atoms with Gasteiger partial charge in [0.25, 0.3) is 0 Å². The number of carboxylic acids is 1. The number of hydrogen-bond acceptors (Lipinski definition) is 3. The summed E-state index contributed by atoms with van der Waals surface area (Å²) in [5.41, 5.74) is 3.89. The van der Waals surface area contributed by atoms with Gasteiger partial charge in [0.1, 0.15) is 0 Å². The molecular weight excluding hydrogens is 258 g/mol. The predicted molar refractivity (Wildman–Crippen MR) is 79.7 cm³/mol. The molecule has 1 aromatic carbocycles. The van der Waals surface area contributed by atoms with Crippen molar-refractivity contribution in [1.29, 1.82) is 0 Å². The first-order valence-electron chi connectivity index (χ1n) is 6.66. The van der Waals surface area contributed by atoms with Crippen molar-refractivity contribution < 1.29 is 9.90 Å². The first-order valence-corrected chi connectivity index (χ1v) is 7.81. The average Bonchev–Trinajstić information content (AvgIpc) is 2.34. The summed E-state index contributed by atoms with van der Waals surface area (Å²) in [7, 11) is 0. The van der Waals surface area contributed by atoms with E-state index in [9.17, 15) is 4.79 Å². The predicted octanol–water partition coefficient (Wildman–Crippen LogP) is 2.70. The van der Waals surface area contributed by atoms with Gasteiger partial charge in [-0.15, -0.1) is 0 Å². The van der Waals surface area contributed by atoms with Gasteiger partial charge in [-0.2, -0.15) is 11.8 Å². The molecule has 1 saturated heterocycles. The largest absolute Gasteiger partial charge is 0.481 e. The molecule has 3 nitrogen and oxygen atoms in total. The maximum atomic E-state index is 10.9. The van der Waals surface area contributed by atoms with Crippen LogP contribution in [0.1, 0.15) is 23.1 Å². The molecule has 0 spiro atoms. The number of carboxylic acid groups (broad SMARTS) is 1. The fourth-order valence-corrected chi connectivity index (χ4v) is 3.66. The smallest absolute Gasteiger partial charge is 0.304 e. The van der Waals surface area contributed by atoms with Crippen LogP contribution in [0, 0.1) is 13.8 Å². The number of benzene rings is 1. The molecule has 2 rings (SSSR count). The minimum Gasteiger partial charge on any atom is -0.481 e. The fourth-order valence-electron chi connectivity index (χ4n) is 2.53. The molecule has 0 aliphatic carbocycles. The van der Waals surface area contributed by atoms with E-state index < -0.39 is 5.97 Å². The van der Waals surface area contributed by atoms with Crippen LogP contribution in [0.25, 0.3) is 0 Å². The van der Waals surface area contributed by atoms with E-state index in [-0.39, 0.29) is 12.5 Å². The van der Waals surface area contributed by atoms with Crippen molar-refractivity contribution in [2.45, 2.75) is 32.9 Å². The molecule has 4 heteroatoms. The molecule has 1 unspecified atom stereocenters. The lowest BCUT2D eigenvalue weighted by atomic mass is 10.0. The highest BCUT2D eigenvalue weighted by molar-refractivity contribution is 7.99. The van der Waals surface area contributed by atoms with Gasteiger partial charge in [-0.3, -0.25) is 9.69 Å². The Balaban J connectivity index is 2.08. The molecular formula is C15H21NO2S. The van der Waals surface area contributed by atoms with Crippen LogP contribution in [0.15, 0.2) is 18.2 Å². The summed E-state index contributed by atoms with van der Waals surface area (Å²) in [4.78, 5) is 13.3. The number of thioether (sulfide) groups is 1. The van der Waals surface area contributed by atoms with E-state index in [4.69, 9.17) is 5.11 Å². The summed E-state index contributed by atoms with van der Waals surface area (Å²) < 4.78 is 0. The Labute approximate surface area is 119 Å². The lowest BCUT2D eigenvalue weighted by molar-refractivity contribution is -0.138. The molecule has 19 heavy (non-hydrogen) atoms. The normalized spacial score (nSPS) is 20.4. The topological polar surface area (TPSA) is 40.5 Å². The van der Waals surface area contributed by atoms with Gasteiger partial charge in [-0.25, -0.2) is 0 Å². The zero-order valence-corrected chi connectivity index (χ0v) is 12.4. The van der Waals surface area contributed by atoms with Crippen molar-refractivity contribution in [3.05, 3.63) is 34.9 Å². The van der Waals surface area contributed by atoms with Crippen molar-refractivity contribution in [3.63, 3.8) is 0 Å². The lowest BCUT2D eigenvalue weighted by Gasteiger charge is -2.35. The molecule has 1 N–H and O–H groups in total. The summed E-state index contributed by atoms with van der Waals surface area (Å²) in [5.74, 6) is 1.33. The average molecular weight is 279 g/mol. The van der Waals surface area contributed by atoms with E-state index in [1.54, 1.807) is 0 Å². The van der Waals surface area contributed by atoms with Gasteiger partial charge in [0.15, 0.2) is 0 Å². The van der Waals surface area contributed by atoms with E-state index in [0.717, 1.165) is 24.6 Å². The first-order chi connectivity index (χ1) is 9.06. The molecule has 1 aromatic rings. The third kappa shape index (κ3) is 3.98. The third-order valence-electron chi connectivity index (χ3n) is 3.63. The second kappa shape index (κ2) is 6.44. The summed E-state index contributed by atoms with van der Waals surface area (Å²) >= 11 is 1.86. The lowest BCUT2D eigenvalue weighted by Crippen LogP contribution is -2.43. The van der Waals surface area contributed by atoms with Crippen LogP contribution in [-0.4, -0.2) is 40.1 Å². The van der Waals surface area contributed by atoms with Crippen LogP contribution < -0.4 is 0 Å². The van der Waals surface area contributed by atoms with E-state index in [0.29, 0.717) is 0 Å². The zero-order valence-electron chi connectivity index (χ0n) is 11.6. The van der Waals surface area contributed by atoms with Crippen molar-refractivity contribution in [2.24, 2.45) is 0 Å². The molecule has 1 heterocycles. The van der Waals surface area contributed by atoms with Gasteiger partial charge >= 0.3 is 5.97 Å². The van der Waals surface area contributed by atoms with Crippen LogP contribution in [0.4, 0.5) is 0 Å². The standard InChI is InChI=1S/C15H21NO2S/c1-11-3-4-13(12(2)7-11)9-16-5-6-19-10-14(16)8-15(17)18/h3-4,7,14H,5-6,8-10H2,1-2H3,(H,17,18). The van der Waals surface area contributed by atoms with Crippen LogP contribution in [0.3, 0.4) is 0 Å². The highest BCUT2D eigenvalue weighted by Crippen LogP contribution is 2.22. The van der Waals surface area contributed by atoms with E-state index in [2.05, 4.69) is 36.9 Å². The highest BCUT2D eigenvalue weighted by atomic mass is 32.2. The molecule has 104 valence electrons. The summed E-state index contributed by atoms with van der Waals surface area (Å²) in [6, 6.07) is 6.66. The second-order valence-electron chi connectivity index (χ2n) is 5.23. The molecule has 0 aromatic heterocycles. The molecule has 0 saturated carbocycles. The Bertz CT molecular complexity index is 461. The van der Waals surface area contributed by atoms with Crippen LogP contribution in [0.2, 0.25) is 0 Å². The number of rotatable bonds is 4. The molecule has 1 atom stereocenters. The van der Waals surface area contributed by atoms with Gasteiger partial charge in [0.05, 0.1) is 6.42 Å². The van der Waals surface area contributed by atoms with Crippen LogP contribution in [-0.2, 0) is 11.3 Å². The van der Waals surface area contributed by atoms with Crippen molar-refractivity contribution in [1.82, 2.24) is 4.90 Å². The van der Waals surface area contributed by atoms with E-state index >= 15 is 0 Å². The Hall–Kier alpha value is -1.00. The van der Waals surface area contributed by atoms with Crippen LogP contribution >= 0.6 is 11.8 Å². The van der Waals surface area contributed by atoms with Gasteiger partial charge in [0.2, 0.25) is 0 Å². The third-order valence-corrected chi connectivity index (χ3v) is 4.72. The monoisotopic (exact) mass is 279 g/mol. The summed E-state index contributed by atoms with van der Waals surface area (Å²) in [6.07, 6.45) is 0.248. The van der Waals surface area contributed by atoms with Gasteiger partial charge in [0, 0.05) is 30.6 Å². The molecule has 1 fully saturated rings. The van der Waals surface area contributed by atoms with Crippen molar-refractivity contribution in [2.75, 3.05) is 18.1 Å². The Morgan fingerprint density at radius 3 is 2.95 bits per heavy atom.